The monoisotopic (exact) mass is 385 g/mol. The fraction of sp³-hybridized carbons (Fsp3) is 0. The Balaban J connectivity index is 1.59. The molecule has 130 valence electrons. The van der Waals surface area contributed by atoms with Gasteiger partial charge >= 0.3 is 0 Å². The Hall–Kier alpha value is -2.68. The molecule has 0 saturated carbocycles. The van der Waals surface area contributed by atoms with Crippen LogP contribution in [-0.4, -0.2) is 4.57 Å². The Kier molecular flexibility index (Phi) is 4.16. The highest BCUT2D eigenvalue weighted by molar-refractivity contribution is 7.99. The van der Waals surface area contributed by atoms with E-state index in [1.165, 1.54) is 32.4 Å². The lowest BCUT2D eigenvalue weighted by molar-refractivity contribution is 1.17. The molecule has 27 heavy (non-hydrogen) atoms. The third-order valence-corrected chi connectivity index (χ3v) is 5.94. The smallest absolute Gasteiger partial charge is 0.0541 e. The molecule has 0 amide bonds. The second-order valence-electron chi connectivity index (χ2n) is 6.42. The van der Waals surface area contributed by atoms with E-state index in [1.807, 2.05) is 18.2 Å². The highest BCUT2D eigenvalue weighted by Gasteiger charge is 2.11. The minimum Gasteiger partial charge on any atom is -0.309 e. The van der Waals surface area contributed by atoms with Gasteiger partial charge in [0.2, 0.25) is 0 Å². The summed E-state index contributed by atoms with van der Waals surface area (Å²) < 4.78 is 2.33. The van der Waals surface area contributed by atoms with Gasteiger partial charge in [0.1, 0.15) is 0 Å². The van der Waals surface area contributed by atoms with Crippen LogP contribution in [-0.2, 0) is 0 Å². The van der Waals surface area contributed by atoms with E-state index in [4.69, 9.17) is 11.6 Å². The molecule has 5 aromatic rings. The quantitative estimate of drug-likeness (QED) is 0.309. The first kappa shape index (κ1) is 16.5. The van der Waals surface area contributed by atoms with Gasteiger partial charge in [-0.3, -0.25) is 0 Å². The van der Waals surface area contributed by atoms with Gasteiger partial charge in [-0.15, -0.1) is 0 Å². The maximum Gasteiger partial charge on any atom is 0.0541 e. The number of aromatic nitrogens is 1. The van der Waals surface area contributed by atoms with Gasteiger partial charge in [0, 0.05) is 31.3 Å². The number of hydrogen-bond donors (Lipinski definition) is 0. The molecule has 1 aromatic heterocycles. The number of hydrogen-bond acceptors (Lipinski definition) is 1. The predicted molar refractivity (Wildman–Crippen MR) is 116 cm³/mol. The van der Waals surface area contributed by atoms with Crippen LogP contribution in [0.3, 0.4) is 0 Å². The zero-order valence-electron chi connectivity index (χ0n) is 14.5. The number of para-hydroxylation sites is 2. The van der Waals surface area contributed by atoms with E-state index < -0.39 is 0 Å². The number of halogens is 1. The molecule has 1 nitrogen and oxygen atoms in total. The van der Waals surface area contributed by atoms with Crippen LogP contribution in [0.15, 0.2) is 107 Å². The lowest BCUT2D eigenvalue weighted by atomic mass is 10.2. The summed E-state index contributed by atoms with van der Waals surface area (Å²) in [6.45, 7) is 0. The van der Waals surface area contributed by atoms with Crippen LogP contribution >= 0.6 is 23.4 Å². The van der Waals surface area contributed by atoms with E-state index in [9.17, 15) is 0 Å². The van der Waals surface area contributed by atoms with Gasteiger partial charge in [-0.05, 0) is 54.6 Å². The molecule has 4 aromatic carbocycles. The number of fused-ring (bicyclic) bond motifs is 3. The summed E-state index contributed by atoms with van der Waals surface area (Å²) in [7, 11) is 0. The molecule has 3 heteroatoms. The molecule has 1 heterocycles. The number of benzene rings is 4. The first-order valence-corrected chi connectivity index (χ1v) is 10.0. The van der Waals surface area contributed by atoms with E-state index in [1.54, 1.807) is 11.8 Å². The van der Waals surface area contributed by atoms with Crippen molar-refractivity contribution in [2.24, 2.45) is 0 Å². The molecule has 5 rings (SSSR count). The average molecular weight is 386 g/mol. The third-order valence-electron chi connectivity index (χ3n) is 4.71. The SMILES string of the molecule is Clc1cccc(Sc2ccc(-n3c4ccccc4c4ccccc43)cc2)c1. The maximum atomic E-state index is 6.10. The molecule has 0 fully saturated rings. The molecule has 0 aliphatic rings. The van der Waals surface area contributed by atoms with Crippen LogP contribution in [0.2, 0.25) is 5.02 Å². The Morgan fingerprint density at radius 1 is 0.593 bits per heavy atom. The van der Waals surface area contributed by atoms with Crippen LogP contribution in [0.1, 0.15) is 0 Å². The summed E-state index contributed by atoms with van der Waals surface area (Å²) in [4.78, 5) is 2.34. The van der Waals surface area contributed by atoms with Gasteiger partial charge in [-0.2, -0.15) is 0 Å². The van der Waals surface area contributed by atoms with Gasteiger partial charge in [-0.1, -0.05) is 65.8 Å². The van der Waals surface area contributed by atoms with Gasteiger partial charge in [-0.25, -0.2) is 0 Å². The van der Waals surface area contributed by atoms with Crippen molar-refractivity contribution in [3.63, 3.8) is 0 Å². The van der Waals surface area contributed by atoms with Crippen molar-refractivity contribution in [2.75, 3.05) is 0 Å². The van der Waals surface area contributed by atoms with E-state index in [-0.39, 0.29) is 0 Å². The molecule has 0 aliphatic carbocycles. The Morgan fingerprint density at radius 3 is 1.85 bits per heavy atom. The fourth-order valence-corrected chi connectivity index (χ4v) is 4.66. The first-order valence-electron chi connectivity index (χ1n) is 8.82. The van der Waals surface area contributed by atoms with Gasteiger partial charge in [0.05, 0.1) is 11.0 Å². The van der Waals surface area contributed by atoms with Crippen molar-refractivity contribution < 1.29 is 0 Å². The number of nitrogens with zero attached hydrogens (tertiary/aromatic N) is 1. The standard InChI is InChI=1S/C24H16ClNS/c25-17-6-5-7-20(16-17)27-19-14-12-18(13-15-19)26-23-10-3-1-8-21(23)22-9-2-4-11-24(22)26/h1-16H. The summed E-state index contributed by atoms with van der Waals surface area (Å²) in [5.41, 5.74) is 3.63. The fourth-order valence-electron chi connectivity index (χ4n) is 3.53. The van der Waals surface area contributed by atoms with E-state index >= 15 is 0 Å². The van der Waals surface area contributed by atoms with Crippen molar-refractivity contribution in [1.82, 2.24) is 4.57 Å². The molecule has 0 N–H and O–H groups in total. The van der Waals surface area contributed by atoms with Crippen molar-refractivity contribution in [2.45, 2.75) is 9.79 Å². The Bertz CT molecular complexity index is 1200. The van der Waals surface area contributed by atoms with E-state index in [2.05, 4.69) is 83.4 Å². The van der Waals surface area contributed by atoms with Crippen molar-refractivity contribution in [3.05, 3.63) is 102 Å². The van der Waals surface area contributed by atoms with Crippen LogP contribution in [0.5, 0.6) is 0 Å². The summed E-state index contributed by atoms with van der Waals surface area (Å²) in [5, 5.41) is 3.33. The molecule has 0 bridgehead atoms. The van der Waals surface area contributed by atoms with E-state index in [0.717, 1.165) is 9.92 Å². The molecule has 0 unspecified atom stereocenters. The van der Waals surface area contributed by atoms with Gasteiger partial charge < -0.3 is 4.57 Å². The zero-order valence-corrected chi connectivity index (χ0v) is 16.0. The minimum atomic E-state index is 0.766. The highest BCUT2D eigenvalue weighted by Crippen LogP contribution is 2.34. The van der Waals surface area contributed by atoms with Crippen LogP contribution in [0.4, 0.5) is 0 Å². The molecule has 0 aliphatic heterocycles. The van der Waals surface area contributed by atoms with Crippen LogP contribution < -0.4 is 0 Å². The van der Waals surface area contributed by atoms with Gasteiger partial charge in [0.15, 0.2) is 0 Å². The normalized spacial score (nSPS) is 11.3. The average Bonchev–Trinajstić information content (AvgIpc) is 3.03. The largest absolute Gasteiger partial charge is 0.309 e. The van der Waals surface area contributed by atoms with Crippen LogP contribution in [0, 0.1) is 0 Å². The highest BCUT2D eigenvalue weighted by atomic mass is 35.5. The zero-order chi connectivity index (χ0) is 18.2. The van der Waals surface area contributed by atoms with Gasteiger partial charge in [0.25, 0.3) is 0 Å². The summed E-state index contributed by atoms with van der Waals surface area (Å²) >= 11 is 7.82. The molecule has 0 radical (unpaired) electrons. The summed E-state index contributed by atoms with van der Waals surface area (Å²) in [6.07, 6.45) is 0. The topological polar surface area (TPSA) is 4.93 Å². The Labute approximate surface area is 167 Å². The molecule has 0 atom stereocenters. The Morgan fingerprint density at radius 2 is 1.22 bits per heavy atom. The molecule has 0 spiro atoms. The second-order valence-corrected chi connectivity index (χ2v) is 8.01. The minimum absolute atomic E-state index is 0.766. The van der Waals surface area contributed by atoms with Crippen molar-refractivity contribution in [1.29, 1.82) is 0 Å². The lowest BCUT2D eigenvalue weighted by Crippen LogP contribution is -1.93. The van der Waals surface area contributed by atoms with Crippen molar-refractivity contribution >= 4 is 45.2 Å². The van der Waals surface area contributed by atoms with Crippen LogP contribution in [0.25, 0.3) is 27.5 Å². The van der Waals surface area contributed by atoms with E-state index in [0.29, 0.717) is 0 Å². The predicted octanol–water partition coefficient (Wildman–Crippen LogP) is 7.59. The maximum absolute atomic E-state index is 6.10. The first-order chi connectivity index (χ1) is 13.3. The lowest BCUT2D eigenvalue weighted by Gasteiger charge is -2.09. The number of rotatable bonds is 3. The molecule has 0 saturated heterocycles. The molecular formula is C24H16ClNS. The summed E-state index contributed by atoms with van der Waals surface area (Å²) in [6, 6.07) is 33.8. The van der Waals surface area contributed by atoms with Crippen molar-refractivity contribution in [3.8, 4) is 5.69 Å². The summed E-state index contributed by atoms with van der Waals surface area (Å²) in [5.74, 6) is 0. The third kappa shape index (κ3) is 3.01. The second kappa shape index (κ2) is 6.80. The molecular weight excluding hydrogens is 370 g/mol.